The second-order valence-electron chi connectivity index (χ2n) is 2.20. The molecule has 0 spiro atoms. The first-order valence-electron chi connectivity index (χ1n) is 3.64. The van der Waals surface area contributed by atoms with E-state index >= 15 is 0 Å². The van der Waals surface area contributed by atoms with Crippen molar-refractivity contribution >= 4 is 28.3 Å². The van der Waals surface area contributed by atoms with Crippen molar-refractivity contribution < 1.29 is 0 Å². The van der Waals surface area contributed by atoms with E-state index in [1.807, 2.05) is 29.1 Å². The van der Waals surface area contributed by atoms with Crippen molar-refractivity contribution in [2.75, 3.05) is 5.75 Å². The van der Waals surface area contributed by atoms with E-state index in [2.05, 4.69) is 6.92 Å². The highest BCUT2D eigenvalue weighted by Crippen LogP contribution is 2.08. The van der Waals surface area contributed by atoms with Crippen LogP contribution in [0.2, 0.25) is 0 Å². The molecule has 1 aromatic rings. The number of rotatable bonds is 2. The molecule has 1 aromatic heterocycles. The highest BCUT2D eigenvalue weighted by atomic mass is 32.2. The van der Waals surface area contributed by atoms with Crippen LogP contribution in [-0.4, -0.2) is 14.6 Å². The predicted molar refractivity (Wildman–Crippen MR) is 55.2 cm³/mol. The van der Waals surface area contributed by atoms with Crippen LogP contribution in [0.15, 0.2) is 24.5 Å². The lowest BCUT2D eigenvalue weighted by atomic mass is 10.6. The van der Waals surface area contributed by atoms with E-state index in [4.69, 9.17) is 12.2 Å². The first-order chi connectivity index (χ1) is 5.34. The van der Waals surface area contributed by atoms with Gasteiger partial charge in [0.05, 0.1) is 0 Å². The molecule has 0 aromatic carbocycles. The van der Waals surface area contributed by atoms with Gasteiger partial charge in [0.2, 0.25) is 0 Å². The molecule has 0 bridgehead atoms. The Kier molecular flexibility index (Phi) is 3.66. The smallest absolute Gasteiger partial charge is 0.144 e. The van der Waals surface area contributed by atoms with E-state index < -0.39 is 0 Å². The summed E-state index contributed by atoms with van der Waals surface area (Å²) in [5.41, 5.74) is 0. The number of hydrogen-bond donors (Lipinski definition) is 0. The van der Waals surface area contributed by atoms with Crippen LogP contribution < -0.4 is 0 Å². The monoisotopic (exact) mass is 185 g/mol. The Morgan fingerprint density at radius 2 is 2.09 bits per heavy atom. The van der Waals surface area contributed by atoms with Gasteiger partial charge in [-0.3, -0.25) is 0 Å². The number of nitrogens with zero attached hydrogens (tertiary/aromatic N) is 1. The van der Waals surface area contributed by atoms with Gasteiger partial charge in [-0.1, -0.05) is 30.9 Å². The predicted octanol–water partition coefficient (Wildman–Crippen LogP) is 2.76. The van der Waals surface area contributed by atoms with Crippen LogP contribution in [0.5, 0.6) is 0 Å². The molecule has 0 unspecified atom stereocenters. The molecule has 0 saturated carbocycles. The standard InChI is InChI=1S/C8H11NS2/c1-2-7-11-8(10)9-5-3-4-6-9/h3-6H,2,7H2,1H3. The Labute approximate surface area is 76.8 Å². The second kappa shape index (κ2) is 4.57. The van der Waals surface area contributed by atoms with Crippen LogP contribution in [0.25, 0.3) is 0 Å². The van der Waals surface area contributed by atoms with Gasteiger partial charge in [0, 0.05) is 18.1 Å². The van der Waals surface area contributed by atoms with Gasteiger partial charge < -0.3 is 4.57 Å². The summed E-state index contributed by atoms with van der Waals surface area (Å²) in [6.07, 6.45) is 5.13. The first-order valence-corrected chi connectivity index (χ1v) is 5.04. The maximum absolute atomic E-state index is 5.17. The minimum absolute atomic E-state index is 0.942. The van der Waals surface area contributed by atoms with Gasteiger partial charge in [-0.05, 0) is 18.6 Å². The van der Waals surface area contributed by atoms with Crippen LogP contribution >= 0.6 is 24.0 Å². The largest absolute Gasteiger partial charge is 0.310 e. The Morgan fingerprint density at radius 3 is 2.64 bits per heavy atom. The fourth-order valence-corrected chi connectivity index (χ4v) is 1.74. The summed E-state index contributed by atoms with van der Waals surface area (Å²) in [7, 11) is 0. The van der Waals surface area contributed by atoms with Gasteiger partial charge in [0.25, 0.3) is 0 Å². The summed E-state index contributed by atoms with van der Waals surface area (Å²) in [6.45, 7) is 2.16. The zero-order valence-electron chi connectivity index (χ0n) is 6.49. The topological polar surface area (TPSA) is 4.93 Å². The Morgan fingerprint density at radius 1 is 1.45 bits per heavy atom. The molecular formula is C8H11NS2. The molecule has 0 fully saturated rings. The number of thioether (sulfide) groups is 1. The number of hydrogen-bond acceptors (Lipinski definition) is 2. The molecule has 1 heterocycles. The number of thiocarbonyl (C=S) groups is 1. The highest BCUT2D eigenvalue weighted by molar-refractivity contribution is 8.23. The van der Waals surface area contributed by atoms with Crippen molar-refractivity contribution in [3.63, 3.8) is 0 Å². The molecule has 60 valence electrons. The molecule has 1 rings (SSSR count). The van der Waals surface area contributed by atoms with Gasteiger partial charge in [-0.25, -0.2) is 0 Å². The Hall–Kier alpha value is -0.280. The van der Waals surface area contributed by atoms with Crippen molar-refractivity contribution in [1.29, 1.82) is 0 Å². The zero-order valence-corrected chi connectivity index (χ0v) is 8.12. The molecule has 0 aliphatic carbocycles. The molecule has 0 radical (unpaired) electrons. The first kappa shape index (κ1) is 8.81. The maximum atomic E-state index is 5.17. The van der Waals surface area contributed by atoms with Crippen LogP contribution in [0, 0.1) is 0 Å². The molecule has 11 heavy (non-hydrogen) atoms. The van der Waals surface area contributed by atoms with E-state index in [1.165, 1.54) is 6.42 Å². The third-order valence-electron chi connectivity index (χ3n) is 1.24. The lowest BCUT2D eigenvalue weighted by Gasteiger charge is -2.01. The third-order valence-corrected chi connectivity index (χ3v) is 2.88. The van der Waals surface area contributed by atoms with Crippen molar-refractivity contribution in [3.05, 3.63) is 24.5 Å². The van der Waals surface area contributed by atoms with Crippen LogP contribution in [0.1, 0.15) is 13.3 Å². The van der Waals surface area contributed by atoms with Gasteiger partial charge in [0.1, 0.15) is 4.32 Å². The van der Waals surface area contributed by atoms with Crippen LogP contribution in [0.3, 0.4) is 0 Å². The molecule has 0 amide bonds. The lowest BCUT2D eigenvalue weighted by Crippen LogP contribution is -2.01. The average molecular weight is 185 g/mol. The molecule has 0 atom stereocenters. The minimum Gasteiger partial charge on any atom is -0.310 e. The normalized spacial score (nSPS) is 9.91. The third kappa shape index (κ3) is 2.67. The quantitative estimate of drug-likeness (QED) is 0.653. The maximum Gasteiger partial charge on any atom is 0.144 e. The summed E-state index contributed by atoms with van der Waals surface area (Å²) in [5.74, 6) is 1.11. The fourth-order valence-electron chi connectivity index (χ4n) is 0.720. The summed E-state index contributed by atoms with van der Waals surface area (Å²) in [4.78, 5) is 0. The van der Waals surface area contributed by atoms with Gasteiger partial charge in [-0.15, -0.1) is 0 Å². The van der Waals surface area contributed by atoms with Crippen molar-refractivity contribution in [2.24, 2.45) is 0 Å². The van der Waals surface area contributed by atoms with E-state index in [0.29, 0.717) is 0 Å². The molecular weight excluding hydrogens is 174 g/mol. The summed E-state index contributed by atoms with van der Waals surface area (Å²) in [6, 6.07) is 3.97. The van der Waals surface area contributed by atoms with Gasteiger partial charge >= 0.3 is 0 Å². The molecule has 0 saturated heterocycles. The summed E-state index contributed by atoms with van der Waals surface area (Å²) in [5, 5.41) is 0. The van der Waals surface area contributed by atoms with Crippen molar-refractivity contribution in [3.8, 4) is 0 Å². The average Bonchev–Trinajstić information content (AvgIpc) is 2.52. The van der Waals surface area contributed by atoms with Crippen molar-refractivity contribution in [1.82, 2.24) is 4.57 Å². The minimum atomic E-state index is 0.942. The van der Waals surface area contributed by atoms with Gasteiger partial charge in [-0.2, -0.15) is 0 Å². The lowest BCUT2D eigenvalue weighted by molar-refractivity contribution is 1.11. The molecule has 1 nitrogen and oxygen atoms in total. The highest BCUT2D eigenvalue weighted by Gasteiger charge is 1.96. The molecule has 0 N–H and O–H groups in total. The molecule has 3 heteroatoms. The van der Waals surface area contributed by atoms with E-state index in [-0.39, 0.29) is 0 Å². The van der Waals surface area contributed by atoms with E-state index in [1.54, 1.807) is 11.8 Å². The van der Waals surface area contributed by atoms with Crippen LogP contribution in [-0.2, 0) is 0 Å². The van der Waals surface area contributed by atoms with E-state index in [9.17, 15) is 0 Å². The van der Waals surface area contributed by atoms with Gasteiger partial charge in [0.15, 0.2) is 0 Å². The fraction of sp³-hybridized carbons (Fsp3) is 0.375. The Bertz CT molecular complexity index is 216. The van der Waals surface area contributed by atoms with Crippen molar-refractivity contribution in [2.45, 2.75) is 13.3 Å². The summed E-state index contributed by atoms with van der Waals surface area (Å²) >= 11 is 6.89. The van der Waals surface area contributed by atoms with Crippen LogP contribution in [0.4, 0.5) is 0 Å². The Balaban J connectivity index is 2.43. The number of aromatic nitrogens is 1. The SMILES string of the molecule is CCCSC(=S)n1cccc1. The zero-order chi connectivity index (χ0) is 8.10. The molecule has 0 aliphatic heterocycles. The molecule has 0 aliphatic rings. The summed E-state index contributed by atoms with van der Waals surface area (Å²) < 4.78 is 2.91. The van der Waals surface area contributed by atoms with E-state index in [0.717, 1.165) is 10.1 Å². The second-order valence-corrected chi connectivity index (χ2v) is 3.93.